The molecule has 0 radical (unpaired) electrons. The van der Waals surface area contributed by atoms with Crippen molar-refractivity contribution in [3.8, 4) is 0 Å². The van der Waals surface area contributed by atoms with E-state index in [-0.39, 0.29) is 11.2 Å². The monoisotopic (exact) mass is 302 g/mol. The predicted octanol–water partition coefficient (Wildman–Crippen LogP) is 4.08. The largest absolute Gasteiger partial charge is 0.376 e. The van der Waals surface area contributed by atoms with E-state index < -0.39 is 0 Å². The van der Waals surface area contributed by atoms with E-state index in [2.05, 4.69) is 30.8 Å². The number of rotatable bonds is 6. The Morgan fingerprint density at radius 2 is 1.73 bits per heavy atom. The molecule has 2 aliphatic rings. The van der Waals surface area contributed by atoms with E-state index in [0.29, 0.717) is 6.61 Å². The summed E-state index contributed by atoms with van der Waals surface area (Å²) in [7, 11) is 0. The fourth-order valence-electron chi connectivity index (χ4n) is 3.62. The van der Waals surface area contributed by atoms with Crippen molar-refractivity contribution in [2.75, 3.05) is 19.8 Å². The van der Waals surface area contributed by atoms with Crippen LogP contribution in [0.15, 0.2) is 43.0 Å². The Balaban J connectivity index is 1.54. The van der Waals surface area contributed by atoms with Crippen LogP contribution in [-0.2, 0) is 20.8 Å². The van der Waals surface area contributed by atoms with E-state index in [1.54, 1.807) is 0 Å². The highest BCUT2D eigenvalue weighted by atomic mass is 16.7. The van der Waals surface area contributed by atoms with Crippen LogP contribution in [0, 0.1) is 5.41 Å². The molecule has 1 spiro atoms. The summed E-state index contributed by atoms with van der Waals surface area (Å²) < 4.78 is 17.7. The molecular weight excluding hydrogens is 276 g/mol. The normalized spacial score (nSPS) is 22.7. The van der Waals surface area contributed by atoms with E-state index in [1.165, 1.54) is 5.56 Å². The Bertz CT molecular complexity index is 467. The summed E-state index contributed by atoms with van der Waals surface area (Å²) >= 11 is 0. The van der Waals surface area contributed by atoms with Crippen molar-refractivity contribution >= 4 is 0 Å². The fraction of sp³-hybridized carbons (Fsp3) is 0.579. The minimum absolute atomic E-state index is 0.192. The molecule has 3 heteroatoms. The van der Waals surface area contributed by atoms with Crippen LogP contribution in [0.1, 0.15) is 37.7 Å². The first-order valence-corrected chi connectivity index (χ1v) is 8.27. The minimum Gasteiger partial charge on any atom is -0.376 e. The van der Waals surface area contributed by atoms with E-state index in [1.807, 2.05) is 12.1 Å². The lowest BCUT2D eigenvalue weighted by molar-refractivity contribution is -0.196. The third kappa shape index (κ3) is 3.60. The first-order chi connectivity index (χ1) is 10.8. The summed E-state index contributed by atoms with van der Waals surface area (Å²) in [6, 6.07) is 10.4. The minimum atomic E-state index is -0.301. The molecular formula is C19H26O3. The Kier molecular flexibility index (Phi) is 4.97. The molecule has 1 aromatic rings. The van der Waals surface area contributed by atoms with Gasteiger partial charge in [-0.2, -0.15) is 0 Å². The van der Waals surface area contributed by atoms with E-state index in [9.17, 15) is 0 Å². The first kappa shape index (κ1) is 15.7. The zero-order valence-electron chi connectivity index (χ0n) is 13.3. The van der Waals surface area contributed by atoms with Gasteiger partial charge in [-0.25, -0.2) is 0 Å². The molecule has 3 nitrogen and oxygen atoms in total. The van der Waals surface area contributed by atoms with Gasteiger partial charge in [-0.15, -0.1) is 6.58 Å². The molecule has 1 aromatic carbocycles. The highest BCUT2D eigenvalue weighted by Crippen LogP contribution is 2.47. The molecule has 0 bridgehead atoms. The van der Waals surface area contributed by atoms with Gasteiger partial charge < -0.3 is 14.2 Å². The zero-order valence-corrected chi connectivity index (χ0v) is 13.3. The Morgan fingerprint density at radius 3 is 2.36 bits per heavy atom. The molecule has 2 fully saturated rings. The molecule has 120 valence electrons. The SMILES string of the molecule is C=CCC1(COCc2ccccc2)CCC2(CC1)OCCO2. The lowest BCUT2D eigenvalue weighted by Gasteiger charge is -2.43. The number of ether oxygens (including phenoxy) is 3. The smallest absolute Gasteiger partial charge is 0.168 e. The molecule has 1 aliphatic carbocycles. The summed E-state index contributed by atoms with van der Waals surface area (Å²) in [5.41, 5.74) is 1.42. The highest BCUT2D eigenvalue weighted by molar-refractivity contribution is 5.13. The van der Waals surface area contributed by atoms with Crippen molar-refractivity contribution in [3.63, 3.8) is 0 Å². The second-order valence-corrected chi connectivity index (χ2v) is 6.58. The molecule has 0 unspecified atom stereocenters. The lowest BCUT2D eigenvalue weighted by Crippen LogP contribution is -2.41. The maximum Gasteiger partial charge on any atom is 0.168 e. The molecule has 1 saturated carbocycles. The molecule has 1 heterocycles. The van der Waals surface area contributed by atoms with Gasteiger partial charge in [0.05, 0.1) is 26.4 Å². The maximum absolute atomic E-state index is 6.04. The number of benzene rings is 1. The number of hydrogen-bond acceptors (Lipinski definition) is 3. The van der Waals surface area contributed by atoms with Gasteiger partial charge in [-0.3, -0.25) is 0 Å². The zero-order chi connectivity index (χ0) is 15.3. The summed E-state index contributed by atoms with van der Waals surface area (Å²) in [6.45, 7) is 6.87. The topological polar surface area (TPSA) is 27.7 Å². The molecule has 1 saturated heterocycles. The van der Waals surface area contributed by atoms with Gasteiger partial charge in [-0.05, 0) is 30.2 Å². The van der Waals surface area contributed by atoms with Gasteiger partial charge in [0.2, 0.25) is 0 Å². The van der Waals surface area contributed by atoms with Crippen molar-refractivity contribution in [1.82, 2.24) is 0 Å². The molecule has 0 N–H and O–H groups in total. The van der Waals surface area contributed by atoms with Crippen LogP contribution in [0.4, 0.5) is 0 Å². The predicted molar refractivity (Wildman–Crippen MR) is 86.4 cm³/mol. The number of allylic oxidation sites excluding steroid dienone is 1. The summed E-state index contributed by atoms with van der Waals surface area (Å²) in [6.07, 6.45) is 7.12. The summed E-state index contributed by atoms with van der Waals surface area (Å²) in [4.78, 5) is 0. The van der Waals surface area contributed by atoms with Crippen LogP contribution in [0.25, 0.3) is 0 Å². The van der Waals surface area contributed by atoms with Gasteiger partial charge in [0.25, 0.3) is 0 Å². The quantitative estimate of drug-likeness (QED) is 0.741. The van der Waals surface area contributed by atoms with Crippen LogP contribution in [-0.4, -0.2) is 25.6 Å². The van der Waals surface area contributed by atoms with Gasteiger partial charge in [-0.1, -0.05) is 36.4 Å². The van der Waals surface area contributed by atoms with Crippen molar-refractivity contribution in [1.29, 1.82) is 0 Å². The average molecular weight is 302 g/mol. The van der Waals surface area contributed by atoms with Gasteiger partial charge >= 0.3 is 0 Å². The molecule has 3 rings (SSSR count). The van der Waals surface area contributed by atoms with E-state index in [4.69, 9.17) is 14.2 Å². The Labute approximate surface area is 133 Å². The van der Waals surface area contributed by atoms with Crippen LogP contribution in [0.3, 0.4) is 0 Å². The third-order valence-electron chi connectivity index (χ3n) is 4.98. The third-order valence-corrected chi connectivity index (χ3v) is 4.98. The average Bonchev–Trinajstić information content (AvgIpc) is 3.01. The second kappa shape index (κ2) is 6.95. The molecule has 22 heavy (non-hydrogen) atoms. The first-order valence-electron chi connectivity index (χ1n) is 8.27. The number of hydrogen-bond donors (Lipinski definition) is 0. The van der Waals surface area contributed by atoms with E-state index >= 15 is 0 Å². The van der Waals surface area contributed by atoms with Crippen LogP contribution >= 0.6 is 0 Å². The van der Waals surface area contributed by atoms with Crippen molar-refractivity contribution < 1.29 is 14.2 Å². The highest BCUT2D eigenvalue weighted by Gasteiger charge is 2.45. The Hall–Kier alpha value is -1.16. The van der Waals surface area contributed by atoms with Gasteiger partial charge in [0.1, 0.15) is 0 Å². The molecule has 0 atom stereocenters. The van der Waals surface area contributed by atoms with Crippen molar-refractivity contribution in [2.45, 2.75) is 44.5 Å². The van der Waals surface area contributed by atoms with E-state index in [0.717, 1.165) is 51.9 Å². The maximum atomic E-state index is 6.04. The van der Waals surface area contributed by atoms with Crippen LogP contribution < -0.4 is 0 Å². The van der Waals surface area contributed by atoms with Gasteiger partial charge in [0, 0.05) is 12.8 Å². The van der Waals surface area contributed by atoms with Crippen molar-refractivity contribution in [3.05, 3.63) is 48.6 Å². The lowest BCUT2D eigenvalue weighted by atomic mass is 9.70. The molecule has 1 aliphatic heterocycles. The summed E-state index contributed by atoms with van der Waals surface area (Å²) in [5, 5.41) is 0. The van der Waals surface area contributed by atoms with Crippen LogP contribution in [0.2, 0.25) is 0 Å². The van der Waals surface area contributed by atoms with Gasteiger partial charge in [0.15, 0.2) is 5.79 Å². The fourth-order valence-corrected chi connectivity index (χ4v) is 3.62. The van der Waals surface area contributed by atoms with Crippen molar-refractivity contribution in [2.24, 2.45) is 5.41 Å². The molecule has 0 amide bonds. The Morgan fingerprint density at radius 1 is 1.05 bits per heavy atom. The summed E-state index contributed by atoms with van der Waals surface area (Å²) in [5.74, 6) is -0.301. The second-order valence-electron chi connectivity index (χ2n) is 6.58. The van der Waals surface area contributed by atoms with Crippen LogP contribution in [0.5, 0.6) is 0 Å². The standard InChI is InChI=1S/C19H26O3/c1-2-8-18(16-20-15-17-6-4-3-5-7-17)9-11-19(12-10-18)21-13-14-22-19/h2-7H,1,8-16H2. The molecule has 0 aromatic heterocycles.